The highest BCUT2D eigenvalue weighted by Crippen LogP contribution is 2.35. The molecule has 0 radical (unpaired) electrons. The Bertz CT molecular complexity index is 284. The van der Waals surface area contributed by atoms with E-state index in [1.165, 1.54) is 45.3 Å². The van der Waals surface area contributed by atoms with Crippen molar-refractivity contribution in [1.29, 1.82) is 0 Å². The Morgan fingerprint density at radius 2 is 2.16 bits per heavy atom. The molecule has 2 saturated heterocycles. The zero-order valence-electron chi connectivity index (χ0n) is 12.6. The average Bonchev–Trinajstić information content (AvgIpc) is 3.17. The first-order chi connectivity index (χ1) is 9.28. The second kappa shape index (κ2) is 6.11. The van der Waals surface area contributed by atoms with Crippen molar-refractivity contribution in [2.75, 3.05) is 32.8 Å². The number of piperazine rings is 1. The highest BCUT2D eigenvalue weighted by molar-refractivity contribution is 4.96. The molecule has 0 spiro atoms. The summed E-state index contributed by atoms with van der Waals surface area (Å²) in [6.07, 6.45) is 5.46. The van der Waals surface area contributed by atoms with Crippen LogP contribution in [0.2, 0.25) is 0 Å². The van der Waals surface area contributed by atoms with Gasteiger partial charge in [-0.05, 0) is 37.0 Å². The van der Waals surface area contributed by atoms with Gasteiger partial charge in [0.25, 0.3) is 0 Å². The predicted octanol–water partition coefficient (Wildman–Crippen LogP) is 2.12. The van der Waals surface area contributed by atoms with Crippen molar-refractivity contribution >= 4 is 0 Å². The van der Waals surface area contributed by atoms with E-state index in [0.717, 1.165) is 43.1 Å². The van der Waals surface area contributed by atoms with Gasteiger partial charge in [0.05, 0.1) is 6.61 Å². The summed E-state index contributed by atoms with van der Waals surface area (Å²) in [4.78, 5) is 2.80. The van der Waals surface area contributed by atoms with Gasteiger partial charge in [0.15, 0.2) is 0 Å². The minimum atomic E-state index is 0.737. The molecule has 0 aromatic heterocycles. The summed E-state index contributed by atoms with van der Waals surface area (Å²) in [7, 11) is 0. The van der Waals surface area contributed by atoms with E-state index in [9.17, 15) is 0 Å². The topological polar surface area (TPSA) is 24.5 Å². The molecular weight excluding hydrogens is 236 g/mol. The summed E-state index contributed by atoms with van der Waals surface area (Å²) in [6, 6.07) is 1.50. The first-order valence-corrected chi connectivity index (χ1v) is 8.33. The van der Waals surface area contributed by atoms with Crippen molar-refractivity contribution in [2.24, 2.45) is 17.8 Å². The molecule has 1 saturated carbocycles. The van der Waals surface area contributed by atoms with Gasteiger partial charge in [-0.25, -0.2) is 0 Å². The molecule has 2 heterocycles. The predicted molar refractivity (Wildman–Crippen MR) is 78.3 cm³/mol. The third-order valence-electron chi connectivity index (χ3n) is 5.50. The molecule has 0 aromatic carbocycles. The maximum absolute atomic E-state index is 5.57. The van der Waals surface area contributed by atoms with Gasteiger partial charge < -0.3 is 10.1 Å². The summed E-state index contributed by atoms with van der Waals surface area (Å²) in [6.45, 7) is 10.5. The molecule has 4 unspecified atom stereocenters. The Kier molecular flexibility index (Phi) is 4.45. The van der Waals surface area contributed by atoms with E-state index in [1.54, 1.807) is 0 Å². The number of hydrogen-bond donors (Lipinski definition) is 1. The Morgan fingerprint density at radius 3 is 2.79 bits per heavy atom. The van der Waals surface area contributed by atoms with Crippen LogP contribution < -0.4 is 5.32 Å². The minimum absolute atomic E-state index is 0.737. The summed E-state index contributed by atoms with van der Waals surface area (Å²) in [5.74, 6) is 2.56. The van der Waals surface area contributed by atoms with Crippen molar-refractivity contribution in [1.82, 2.24) is 10.2 Å². The fourth-order valence-corrected chi connectivity index (χ4v) is 3.77. The molecule has 110 valence electrons. The van der Waals surface area contributed by atoms with Gasteiger partial charge in [0.1, 0.15) is 0 Å². The first kappa shape index (κ1) is 13.8. The second-order valence-electron chi connectivity index (χ2n) is 6.99. The third-order valence-corrected chi connectivity index (χ3v) is 5.50. The molecule has 2 aliphatic heterocycles. The molecule has 0 amide bonds. The van der Waals surface area contributed by atoms with Crippen LogP contribution in [-0.4, -0.2) is 49.8 Å². The number of hydrogen-bond acceptors (Lipinski definition) is 3. The Hall–Kier alpha value is -0.120. The molecule has 3 aliphatic rings. The van der Waals surface area contributed by atoms with E-state index in [4.69, 9.17) is 4.74 Å². The lowest BCUT2D eigenvalue weighted by Crippen LogP contribution is -2.60. The molecular formula is C16H30N2O. The van der Waals surface area contributed by atoms with E-state index in [0.29, 0.717) is 0 Å². The number of ether oxygens (including phenoxy) is 1. The van der Waals surface area contributed by atoms with E-state index in [1.807, 2.05) is 0 Å². The Labute approximate surface area is 118 Å². The van der Waals surface area contributed by atoms with Gasteiger partial charge in [-0.15, -0.1) is 0 Å². The van der Waals surface area contributed by atoms with Gasteiger partial charge in [0, 0.05) is 38.3 Å². The summed E-state index contributed by atoms with van der Waals surface area (Å²) in [5.41, 5.74) is 0. The molecule has 3 rings (SSSR count). The minimum Gasteiger partial charge on any atom is -0.381 e. The maximum atomic E-state index is 5.57. The van der Waals surface area contributed by atoms with Gasteiger partial charge >= 0.3 is 0 Å². The zero-order valence-corrected chi connectivity index (χ0v) is 12.6. The molecule has 3 fully saturated rings. The SMILES string of the molecule is CCC(C)C1CNC(C2CC2)CN1CC1CCOC1. The van der Waals surface area contributed by atoms with Crippen LogP contribution in [0.1, 0.15) is 39.5 Å². The fraction of sp³-hybridized carbons (Fsp3) is 1.00. The van der Waals surface area contributed by atoms with Crippen LogP contribution in [0.15, 0.2) is 0 Å². The van der Waals surface area contributed by atoms with Crippen LogP contribution in [0.5, 0.6) is 0 Å². The second-order valence-corrected chi connectivity index (χ2v) is 6.99. The molecule has 1 aliphatic carbocycles. The molecule has 3 heteroatoms. The van der Waals surface area contributed by atoms with Crippen molar-refractivity contribution in [3.8, 4) is 0 Å². The zero-order chi connectivity index (χ0) is 13.2. The van der Waals surface area contributed by atoms with E-state index in [2.05, 4.69) is 24.1 Å². The molecule has 1 N–H and O–H groups in total. The molecule has 4 atom stereocenters. The normalized spacial score (nSPS) is 38.5. The van der Waals surface area contributed by atoms with E-state index in [-0.39, 0.29) is 0 Å². The fourth-order valence-electron chi connectivity index (χ4n) is 3.77. The number of nitrogens with zero attached hydrogens (tertiary/aromatic N) is 1. The van der Waals surface area contributed by atoms with Gasteiger partial charge in [-0.2, -0.15) is 0 Å². The molecule has 3 nitrogen and oxygen atoms in total. The highest BCUT2D eigenvalue weighted by Gasteiger charge is 2.39. The average molecular weight is 266 g/mol. The molecule has 0 bridgehead atoms. The summed E-state index contributed by atoms with van der Waals surface area (Å²) in [5, 5.41) is 3.83. The van der Waals surface area contributed by atoms with Crippen molar-refractivity contribution in [3.63, 3.8) is 0 Å². The number of nitrogens with one attached hydrogen (secondary N) is 1. The standard InChI is InChI=1S/C16H30N2O/c1-3-12(2)16-8-17-15(14-4-5-14)10-18(16)9-13-6-7-19-11-13/h12-17H,3-11H2,1-2H3. The largest absolute Gasteiger partial charge is 0.381 e. The van der Waals surface area contributed by atoms with Gasteiger partial charge in [-0.3, -0.25) is 4.90 Å². The highest BCUT2D eigenvalue weighted by atomic mass is 16.5. The van der Waals surface area contributed by atoms with Crippen LogP contribution in [0.4, 0.5) is 0 Å². The third kappa shape index (κ3) is 3.32. The number of rotatable bonds is 5. The van der Waals surface area contributed by atoms with Crippen molar-refractivity contribution in [3.05, 3.63) is 0 Å². The van der Waals surface area contributed by atoms with E-state index >= 15 is 0 Å². The van der Waals surface area contributed by atoms with E-state index < -0.39 is 0 Å². The lowest BCUT2D eigenvalue weighted by molar-refractivity contribution is 0.0666. The quantitative estimate of drug-likeness (QED) is 0.825. The smallest absolute Gasteiger partial charge is 0.0507 e. The Morgan fingerprint density at radius 1 is 1.32 bits per heavy atom. The summed E-state index contributed by atoms with van der Waals surface area (Å²) < 4.78 is 5.57. The van der Waals surface area contributed by atoms with Crippen LogP contribution in [-0.2, 0) is 4.74 Å². The Balaban J connectivity index is 1.61. The lowest BCUT2D eigenvalue weighted by atomic mass is 9.92. The van der Waals surface area contributed by atoms with Gasteiger partial charge in [-0.1, -0.05) is 20.3 Å². The first-order valence-electron chi connectivity index (χ1n) is 8.33. The van der Waals surface area contributed by atoms with Gasteiger partial charge in [0.2, 0.25) is 0 Å². The summed E-state index contributed by atoms with van der Waals surface area (Å²) >= 11 is 0. The van der Waals surface area contributed by atoms with Crippen molar-refractivity contribution < 1.29 is 4.74 Å². The molecule has 0 aromatic rings. The maximum Gasteiger partial charge on any atom is 0.0507 e. The van der Waals surface area contributed by atoms with Crippen molar-refractivity contribution in [2.45, 2.75) is 51.6 Å². The van der Waals surface area contributed by atoms with Crippen LogP contribution in [0, 0.1) is 17.8 Å². The monoisotopic (exact) mass is 266 g/mol. The lowest BCUT2D eigenvalue weighted by Gasteiger charge is -2.44. The van der Waals surface area contributed by atoms with Crippen LogP contribution in [0.25, 0.3) is 0 Å². The van der Waals surface area contributed by atoms with Crippen LogP contribution in [0.3, 0.4) is 0 Å². The molecule has 19 heavy (non-hydrogen) atoms. The van der Waals surface area contributed by atoms with Crippen LogP contribution >= 0.6 is 0 Å².